The Kier molecular flexibility index (Phi) is 5.27. The molecule has 0 spiro atoms. The maximum Gasteiger partial charge on any atom is 0.227 e. The minimum absolute atomic E-state index is 0.210. The van der Waals surface area contributed by atoms with Gasteiger partial charge in [0.05, 0.1) is 16.4 Å². The number of aliphatic hydroxyl groups is 1. The average molecular weight is 433 g/mol. The van der Waals surface area contributed by atoms with E-state index in [0.717, 1.165) is 46.5 Å². The van der Waals surface area contributed by atoms with Gasteiger partial charge >= 0.3 is 0 Å². The molecule has 142 valence electrons. The van der Waals surface area contributed by atoms with E-state index in [2.05, 4.69) is 32.4 Å². The van der Waals surface area contributed by atoms with Gasteiger partial charge in [-0.15, -0.1) is 0 Å². The Labute approximate surface area is 166 Å². The van der Waals surface area contributed by atoms with E-state index in [-0.39, 0.29) is 18.4 Å². The molecule has 0 amide bonds. The third-order valence-electron chi connectivity index (χ3n) is 5.24. The second-order valence-electron chi connectivity index (χ2n) is 6.88. The van der Waals surface area contributed by atoms with Gasteiger partial charge in [-0.1, -0.05) is 6.42 Å². The Morgan fingerprint density at radius 2 is 2.33 bits per heavy atom. The molecule has 27 heavy (non-hydrogen) atoms. The van der Waals surface area contributed by atoms with Crippen molar-refractivity contribution < 1.29 is 14.7 Å². The van der Waals surface area contributed by atoms with Crippen molar-refractivity contribution in [2.24, 2.45) is 5.92 Å². The molecule has 3 heterocycles. The molecule has 2 atom stereocenters. The van der Waals surface area contributed by atoms with Crippen molar-refractivity contribution in [1.82, 2.24) is 14.6 Å². The number of nitrogens with one attached hydrogen (secondary N) is 1. The zero-order valence-electron chi connectivity index (χ0n) is 15.2. The molecule has 0 aromatic carbocycles. The second-order valence-corrected chi connectivity index (χ2v) is 7.74. The summed E-state index contributed by atoms with van der Waals surface area (Å²) < 4.78 is 4.34. The first-order valence-corrected chi connectivity index (χ1v) is 9.92. The Hall–Kier alpha value is -2.19. The largest absolute Gasteiger partial charge is 0.396 e. The molecular weight excluding hydrogens is 410 g/mol. The van der Waals surface area contributed by atoms with Crippen molar-refractivity contribution in [3.05, 3.63) is 52.5 Å². The SMILES string of the molecule is CO[n+]1cccc(CNc2cc(C3CCC[C@H]3CO)nc3c(Br)cnn23)c1. The summed E-state index contributed by atoms with van der Waals surface area (Å²) in [6, 6.07) is 6.06. The van der Waals surface area contributed by atoms with Crippen molar-refractivity contribution in [2.75, 3.05) is 19.0 Å². The van der Waals surface area contributed by atoms with Gasteiger partial charge in [0.25, 0.3) is 0 Å². The fourth-order valence-corrected chi connectivity index (χ4v) is 4.18. The molecule has 3 aromatic rings. The number of fused-ring (bicyclic) bond motifs is 1. The fraction of sp³-hybridized carbons (Fsp3) is 0.421. The van der Waals surface area contributed by atoms with Crippen LogP contribution in [0.3, 0.4) is 0 Å². The number of aliphatic hydroxyl groups excluding tert-OH is 1. The minimum atomic E-state index is 0.210. The van der Waals surface area contributed by atoms with Crippen LogP contribution < -0.4 is 14.9 Å². The number of hydrogen-bond donors (Lipinski definition) is 2. The van der Waals surface area contributed by atoms with Gasteiger partial charge in [0.1, 0.15) is 12.9 Å². The van der Waals surface area contributed by atoms with Gasteiger partial charge in [0.15, 0.2) is 5.65 Å². The number of pyridine rings is 1. The predicted molar refractivity (Wildman–Crippen MR) is 104 cm³/mol. The quantitative estimate of drug-likeness (QED) is 0.584. The van der Waals surface area contributed by atoms with Crippen LogP contribution in [0.1, 0.15) is 36.4 Å². The highest BCUT2D eigenvalue weighted by Crippen LogP contribution is 2.39. The number of aromatic nitrogens is 4. The lowest BCUT2D eigenvalue weighted by Crippen LogP contribution is -2.40. The van der Waals surface area contributed by atoms with E-state index in [4.69, 9.17) is 9.82 Å². The van der Waals surface area contributed by atoms with Crippen LogP contribution in [0.25, 0.3) is 5.65 Å². The Morgan fingerprint density at radius 1 is 1.44 bits per heavy atom. The molecule has 1 fully saturated rings. The van der Waals surface area contributed by atoms with E-state index in [1.165, 1.54) is 0 Å². The minimum Gasteiger partial charge on any atom is -0.396 e. The summed E-state index contributed by atoms with van der Waals surface area (Å²) in [4.78, 5) is 10.1. The van der Waals surface area contributed by atoms with Crippen molar-refractivity contribution in [3.8, 4) is 0 Å². The summed E-state index contributed by atoms with van der Waals surface area (Å²) in [5.41, 5.74) is 2.90. The smallest absolute Gasteiger partial charge is 0.227 e. The molecule has 4 rings (SSSR count). The zero-order chi connectivity index (χ0) is 18.8. The molecule has 2 N–H and O–H groups in total. The van der Waals surface area contributed by atoms with Gasteiger partial charge in [-0.3, -0.25) is 4.84 Å². The molecule has 1 unspecified atom stereocenters. The van der Waals surface area contributed by atoms with E-state index in [1.807, 2.05) is 29.0 Å². The van der Waals surface area contributed by atoms with Crippen LogP contribution in [0, 0.1) is 5.92 Å². The number of nitrogens with zero attached hydrogens (tertiary/aromatic N) is 4. The van der Waals surface area contributed by atoms with Crippen LogP contribution in [0.5, 0.6) is 0 Å². The van der Waals surface area contributed by atoms with Crippen LogP contribution in [0.15, 0.2) is 41.3 Å². The van der Waals surface area contributed by atoms with Crippen LogP contribution >= 0.6 is 15.9 Å². The Morgan fingerprint density at radius 3 is 3.15 bits per heavy atom. The average Bonchev–Trinajstić information content (AvgIpc) is 3.33. The van der Waals surface area contributed by atoms with Crippen LogP contribution in [-0.4, -0.2) is 33.4 Å². The first kappa shape index (κ1) is 18.2. The highest BCUT2D eigenvalue weighted by Gasteiger charge is 2.30. The first-order chi connectivity index (χ1) is 13.2. The lowest BCUT2D eigenvalue weighted by molar-refractivity contribution is -0.885. The molecule has 7 nitrogen and oxygen atoms in total. The van der Waals surface area contributed by atoms with Gasteiger partial charge in [-0.25, -0.2) is 4.98 Å². The summed E-state index contributed by atoms with van der Waals surface area (Å²) in [5.74, 6) is 1.45. The highest BCUT2D eigenvalue weighted by atomic mass is 79.9. The van der Waals surface area contributed by atoms with Crippen molar-refractivity contribution in [1.29, 1.82) is 0 Å². The maximum atomic E-state index is 9.71. The maximum absolute atomic E-state index is 9.71. The van der Waals surface area contributed by atoms with E-state index in [9.17, 15) is 5.11 Å². The lowest BCUT2D eigenvalue weighted by atomic mass is 9.93. The molecule has 0 saturated heterocycles. The van der Waals surface area contributed by atoms with Crippen LogP contribution in [-0.2, 0) is 6.54 Å². The molecule has 3 aromatic heterocycles. The summed E-state index contributed by atoms with van der Waals surface area (Å²) in [7, 11) is 1.64. The van der Waals surface area contributed by atoms with Gasteiger partial charge < -0.3 is 10.4 Å². The molecule has 1 aliphatic carbocycles. The van der Waals surface area contributed by atoms with Crippen molar-refractivity contribution in [2.45, 2.75) is 31.7 Å². The van der Waals surface area contributed by atoms with Gasteiger partial charge in [0.2, 0.25) is 12.4 Å². The molecule has 0 radical (unpaired) electrons. The Balaban J connectivity index is 1.66. The second kappa shape index (κ2) is 7.82. The summed E-state index contributed by atoms with van der Waals surface area (Å²) in [6.07, 6.45) is 8.80. The van der Waals surface area contributed by atoms with E-state index >= 15 is 0 Å². The normalized spacial score (nSPS) is 19.5. The van der Waals surface area contributed by atoms with Gasteiger partial charge in [0, 0.05) is 41.5 Å². The standard InChI is InChI=1S/C19H23BrN5O2/c1-27-24-7-3-4-13(11-24)9-21-18-8-17(15-6-2-5-14(15)12-26)23-19-16(20)10-22-25(18)19/h3-4,7-8,10-11,14-15,21,26H,2,5-6,9,12H2,1H3/q+1/t14-,15?/m0/s1. The molecule has 1 aliphatic rings. The van der Waals surface area contributed by atoms with Gasteiger partial charge in [-0.05, 0) is 40.8 Å². The lowest BCUT2D eigenvalue weighted by Gasteiger charge is -2.18. The highest BCUT2D eigenvalue weighted by molar-refractivity contribution is 9.10. The monoisotopic (exact) mass is 432 g/mol. The fourth-order valence-electron chi connectivity index (χ4n) is 3.83. The topological polar surface area (TPSA) is 75.6 Å². The molecule has 0 bridgehead atoms. The zero-order valence-corrected chi connectivity index (χ0v) is 16.8. The van der Waals surface area contributed by atoms with E-state index < -0.39 is 0 Å². The molecular formula is C19H23BrN5O2+. The number of hydrogen-bond acceptors (Lipinski definition) is 5. The van der Waals surface area contributed by atoms with Crippen LogP contribution in [0.2, 0.25) is 0 Å². The summed E-state index contributed by atoms with van der Waals surface area (Å²) in [6.45, 7) is 0.843. The Bertz CT molecular complexity index is 945. The molecule has 0 aliphatic heterocycles. The van der Waals surface area contributed by atoms with E-state index in [1.54, 1.807) is 18.0 Å². The van der Waals surface area contributed by atoms with Crippen LogP contribution in [0.4, 0.5) is 5.82 Å². The predicted octanol–water partition coefficient (Wildman–Crippen LogP) is 2.33. The third-order valence-corrected chi connectivity index (χ3v) is 5.80. The summed E-state index contributed by atoms with van der Waals surface area (Å²) in [5, 5.41) is 17.6. The first-order valence-electron chi connectivity index (χ1n) is 9.13. The third kappa shape index (κ3) is 3.64. The van der Waals surface area contributed by atoms with Gasteiger partial charge in [-0.2, -0.15) is 9.61 Å². The van der Waals surface area contributed by atoms with E-state index in [0.29, 0.717) is 6.54 Å². The van der Waals surface area contributed by atoms with Crippen molar-refractivity contribution >= 4 is 27.4 Å². The van der Waals surface area contributed by atoms with Crippen molar-refractivity contribution in [3.63, 3.8) is 0 Å². The number of anilines is 1. The molecule has 1 saturated carbocycles. The number of rotatable bonds is 6. The summed E-state index contributed by atoms with van der Waals surface area (Å²) >= 11 is 3.55. The number of halogens is 1. The molecule has 8 heteroatoms.